The first-order valence-corrected chi connectivity index (χ1v) is 13.7. The van der Waals surface area contributed by atoms with Crippen LogP contribution in [0, 0.1) is 18.6 Å². The largest absolute Gasteiger partial charge is 0.379 e. The van der Waals surface area contributed by atoms with Crippen molar-refractivity contribution in [3.63, 3.8) is 0 Å². The number of urea groups is 1. The number of carbonyl (C=O) groups excluding carboxylic acids is 1. The lowest BCUT2D eigenvalue weighted by molar-refractivity contribution is 0.0731. The first kappa shape index (κ1) is 24.8. The molecule has 0 saturated carbocycles. The van der Waals surface area contributed by atoms with E-state index in [2.05, 4.69) is 4.98 Å². The fourth-order valence-corrected chi connectivity index (χ4v) is 7.37. The molecule has 1 aromatic heterocycles. The molecule has 2 saturated heterocycles. The van der Waals surface area contributed by atoms with Crippen molar-refractivity contribution >= 4 is 38.2 Å². The molecule has 2 aliphatic rings. The van der Waals surface area contributed by atoms with Gasteiger partial charge in [0, 0.05) is 37.4 Å². The van der Waals surface area contributed by atoms with Gasteiger partial charge in [0.15, 0.2) is 9.34 Å². The number of thiazole rings is 1. The van der Waals surface area contributed by atoms with E-state index < -0.39 is 21.7 Å². The molecule has 0 unspecified atom stereocenters. The van der Waals surface area contributed by atoms with Crippen LogP contribution in [-0.4, -0.2) is 63.1 Å². The van der Waals surface area contributed by atoms with E-state index in [1.807, 2.05) is 0 Å². The number of hydrogen-bond donors (Lipinski definition) is 0. The number of benzene rings is 2. The Morgan fingerprint density at radius 2 is 1.67 bits per heavy atom. The summed E-state index contributed by atoms with van der Waals surface area (Å²) < 4.78 is 60.8. The number of rotatable bonds is 5. The summed E-state index contributed by atoms with van der Waals surface area (Å²) >= 11 is 0.990. The molecule has 8 nitrogen and oxygen atoms in total. The lowest BCUT2D eigenvalue weighted by Crippen LogP contribution is -2.49. The first-order valence-electron chi connectivity index (χ1n) is 11.5. The van der Waals surface area contributed by atoms with Crippen molar-refractivity contribution in [3.8, 4) is 11.1 Å². The van der Waals surface area contributed by atoms with Gasteiger partial charge in [0.05, 0.1) is 18.9 Å². The summed E-state index contributed by atoms with van der Waals surface area (Å²) in [6.07, 6.45) is 0.649. The summed E-state index contributed by atoms with van der Waals surface area (Å²) in [6.45, 7) is 3.74. The van der Waals surface area contributed by atoms with Gasteiger partial charge in [0.25, 0.3) is 10.0 Å². The van der Waals surface area contributed by atoms with Crippen LogP contribution in [0.2, 0.25) is 0 Å². The van der Waals surface area contributed by atoms with Crippen molar-refractivity contribution in [2.75, 3.05) is 49.2 Å². The SMILES string of the molecule is Cc1nc(N2CCCN(c3ccc(-c4cc(F)ccc4F)cc3)C2=O)sc1S(=O)(=O)N1CCOCC1. The van der Waals surface area contributed by atoms with Crippen molar-refractivity contribution in [2.24, 2.45) is 0 Å². The van der Waals surface area contributed by atoms with E-state index in [0.717, 1.165) is 29.5 Å². The number of carbonyl (C=O) groups is 1. The van der Waals surface area contributed by atoms with E-state index in [1.54, 1.807) is 36.1 Å². The Hall–Kier alpha value is -2.93. The van der Waals surface area contributed by atoms with Gasteiger partial charge in [-0.3, -0.25) is 9.80 Å². The molecule has 0 N–H and O–H groups in total. The van der Waals surface area contributed by atoms with Crippen LogP contribution >= 0.6 is 11.3 Å². The molecule has 5 rings (SSSR count). The summed E-state index contributed by atoms with van der Waals surface area (Å²) in [7, 11) is -3.73. The Balaban J connectivity index is 1.38. The lowest BCUT2D eigenvalue weighted by Gasteiger charge is -2.34. The van der Waals surface area contributed by atoms with Gasteiger partial charge in [0.1, 0.15) is 11.6 Å². The quantitative estimate of drug-likeness (QED) is 0.489. The maximum Gasteiger partial charge on any atom is 0.330 e. The standard InChI is InChI=1S/C24H24F2N4O4S2/c1-16-22(36(32,33)28-11-13-34-14-12-28)35-23(27-16)30-10-2-9-29(24(30)31)19-6-3-17(4-7-19)20-15-18(25)5-8-21(20)26/h3-8,15H,2,9-14H2,1H3. The molecule has 0 spiro atoms. The number of ether oxygens (including phenoxy) is 1. The van der Waals surface area contributed by atoms with E-state index in [9.17, 15) is 22.0 Å². The number of sulfonamides is 1. The summed E-state index contributed by atoms with van der Waals surface area (Å²) in [5, 5.41) is 0.326. The second-order valence-electron chi connectivity index (χ2n) is 8.50. The summed E-state index contributed by atoms with van der Waals surface area (Å²) in [6, 6.07) is 9.59. The van der Waals surface area contributed by atoms with Gasteiger partial charge in [-0.1, -0.05) is 23.5 Å². The van der Waals surface area contributed by atoms with E-state index in [0.29, 0.717) is 54.8 Å². The Kier molecular flexibility index (Phi) is 6.77. The summed E-state index contributed by atoms with van der Waals surface area (Å²) in [5.74, 6) is -1.07. The number of hydrogen-bond acceptors (Lipinski definition) is 6. The molecule has 0 bridgehead atoms. The molecule has 2 amide bonds. The van der Waals surface area contributed by atoms with Gasteiger partial charge in [-0.2, -0.15) is 4.31 Å². The average molecular weight is 535 g/mol. The molecule has 0 atom stereocenters. The Bertz CT molecular complexity index is 1390. The van der Waals surface area contributed by atoms with Gasteiger partial charge < -0.3 is 4.74 Å². The van der Waals surface area contributed by atoms with Gasteiger partial charge in [-0.25, -0.2) is 27.0 Å². The zero-order chi connectivity index (χ0) is 25.4. The molecule has 0 aliphatic carbocycles. The molecular weight excluding hydrogens is 510 g/mol. The van der Waals surface area contributed by atoms with Crippen LogP contribution in [0.25, 0.3) is 11.1 Å². The van der Waals surface area contributed by atoms with Crippen molar-refractivity contribution in [3.05, 3.63) is 59.8 Å². The molecular formula is C24H24F2N4O4S2. The van der Waals surface area contributed by atoms with E-state index in [-0.39, 0.29) is 28.9 Å². The second-order valence-corrected chi connectivity index (χ2v) is 11.6. The van der Waals surface area contributed by atoms with Gasteiger partial charge >= 0.3 is 6.03 Å². The molecule has 36 heavy (non-hydrogen) atoms. The van der Waals surface area contributed by atoms with Crippen molar-refractivity contribution in [1.29, 1.82) is 0 Å². The average Bonchev–Trinajstić information content (AvgIpc) is 3.28. The minimum atomic E-state index is -3.73. The number of morpholine rings is 1. The summed E-state index contributed by atoms with van der Waals surface area (Å²) in [5.41, 5.74) is 1.58. The number of anilines is 2. The fourth-order valence-electron chi connectivity index (χ4n) is 4.31. The third kappa shape index (κ3) is 4.61. The van der Waals surface area contributed by atoms with Crippen LogP contribution in [0.4, 0.5) is 24.4 Å². The Morgan fingerprint density at radius 3 is 2.39 bits per heavy atom. The highest BCUT2D eigenvalue weighted by atomic mass is 32.2. The predicted molar refractivity (Wildman–Crippen MR) is 133 cm³/mol. The molecule has 12 heteroatoms. The molecule has 2 fully saturated rings. The van der Waals surface area contributed by atoms with Crippen molar-refractivity contribution < 1.29 is 26.7 Å². The smallest absolute Gasteiger partial charge is 0.330 e. The Morgan fingerprint density at radius 1 is 0.972 bits per heavy atom. The molecule has 3 heterocycles. The molecule has 3 aromatic rings. The Labute approximate surface area is 211 Å². The van der Waals surface area contributed by atoms with Crippen LogP contribution in [0.5, 0.6) is 0 Å². The first-order chi connectivity index (χ1) is 17.3. The second kappa shape index (κ2) is 9.85. The van der Waals surface area contributed by atoms with Gasteiger partial charge in [-0.15, -0.1) is 0 Å². The number of amides is 2. The predicted octanol–water partition coefficient (Wildman–Crippen LogP) is 4.25. The maximum absolute atomic E-state index is 14.2. The number of nitrogens with zero attached hydrogens (tertiary/aromatic N) is 4. The van der Waals surface area contributed by atoms with E-state index in [1.165, 1.54) is 9.21 Å². The van der Waals surface area contributed by atoms with Crippen molar-refractivity contribution in [1.82, 2.24) is 9.29 Å². The number of aryl methyl sites for hydroxylation is 1. The number of aromatic nitrogens is 1. The molecule has 0 radical (unpaired) electrons. The third-order valence-electron chi connectivity index (χ3n) is 6.16. The third-order valence-corrected chi connectivity index (χ3v) is 9.83. The van der Waals surface area contributed by atoms with Crippen LogP contribution in [0.15, 0.2) is 46.7 Å². The van der Waals surface area contributed by atoms with Crippen LogP contribution < -0.4 is 9.80 Å². The highest BCUT2D eigenvalue weighted by Gasteiger charge is 2.34. The van der Waals surface area contributed by atoms with E-state index in [4.69, 9.17) is 4.74 Å². The maximum atomic E-state index is 14.2. The van der Waals surface area contributed by atoms with Crippen molar-refractivity contribution in [2.45, 2.75) is 17.6 Å². The topological polar surface area (TPSA) is 83.1 Å². The van der Waals surface area contributed by atoms with Crippen LogP contribution in [0.3, 0.4) is 0 Å². The van der Waals surface area contributed by atoms with Gasteiger partial charge in [-0.05, 0) is 49.2 Å². The molecule has 190 valence electrons. The van der Waals surface area contributed by atoms with E-state index >= 15 is 0 Å². The minimum Gasteiger partial charge on any atom is -0.379 e. The highest BCUT2D eigenvalue weighted by molar-refractivity contribution is 7.91. The van der Waals surface area contributed by atoms with Crippen LogP contribution in [0.1, 0.15) is 12.1 Å². The zero-order valence-corrected chi connectivity index (χ0v) is 21.1. The zero-order valence-electron chi connectivity index (χ0n) is 19.5. The number of halogens is 2. The minimum absolute atomic E-state index is 0.130. The van der Waals surface area contributed by atoms with Gasteiger partial charge in [0.2, 0.25) is 0 Å². The normalized spacial score (nSPS) is 17.6. The summed E-state index contributed by atoms with van der Waals surface area (Å²) in [4.78, 5) is 20.9. The van der Waals surface area contributed by atoms with Crippen LogP contribution in [-0.2, 0) is 14.8 Å². The fraction of sp³-hybridized carbons (Fsp3) is 0.333. The monoisotopic (exact) mass is 534 g/mol. The lowest BCUT2D eigenvalue weighted by atomic mass is 10.0. The molecule has 2 aliphatic heterocycles. The molecule has 2 aromatic carbocycles. The highest BCUT2D eigenvalue weighted by Crippen LogP contribution is 2.35.